The van der Waals surface area contributed by atoms with Crippen molar-refractivity contribution >= 4 is 32.4 Å². The molecule has 0 atom stereocenters. The van der Waals surface area contributed by atoms with Crippen LogP contribution in [0.2, 0.25) is 0 Å². The van der Waals surface area contributed by atoms with Gasteiger partial charge < -0.3 is 5.32 Å². The number of benzene rings is 3. The van der Waals surface area contributed by atoms with Crippen molar-refractivity contribution in [2.24, 2.45) is 0 Å². The average Bonchev–Trinajstić information content (AvgIpc) is 3.28. The highest BCUT2D eigenvalue weighted by Gasteiger charge is 2.15. The van der Waals surface area contributed by atoms with E-state index in [4.69, 9.17) is 0 Å². The molecule has 0 bridgehead atoms. The van der Waals surface area contributed by atoms with Crippen LogP contribution in [0, 0.1) is 5.82 Å². The minimum atomic E-state index is -3.76. The molecule has 158 valence electrons. The third kappa shape index (κ3) is 4.79. The molecule has 4 aromatic rings. The van der Waals surface area contributed by atoms with Crippen molar-refractivity contribution in [3.05, 3.63) is 84.9 Å². The second-order valence-corrected chi connectivity index (χ2v) is 8.59. The summed E-state index contributed by atoms with van der Waals surface area (Å²) in [6, 6.07) is 18.2. The molecule has 0 saturated carbocycles. The highest BCUT2D eigenvalue weighted by Crippen LogP contribution is 2.19. The Hall–Kier alpha value is -3.56. The maximum atomic E-state index is 14.3. The lowest BCUT2D eigenvalue weighted by Crippen LogP contribution is -2.27. The van der Waals surface area contributed by atoms with E-state index in [9.17, 15) is 17.6 Å². The number of carbonyl (C=O) groups excluding carboxylic acids is 1. The number of fused-ring (bicyclic) bond motifs is 1. The van der Waals surface area contributed by atoms with Crippen LogP contribution in [-0.2, 0) is 14.8 Å². The smallest absolute Gasteiger partial charge is 0.240 e. The molecule has 9 heteroatoms. The van der Waals surface area contributed by atoms with E-state index < -0.39 is 21.7 Å². The van der Waals surface area contributed by atoms with Crippen LogP contribution in [0.1, 0.15) is 6.42 Å². The molecule has 0 saturated heterocycles. The highest BCUT2D eigenvalue weighted by molar-refractivity contribution is 7.89. The lowest BCUT2D eigenvalue weighted by Gasteiger charge is -2.10. The van der Waals surface area contributed by atoms with Crippen molar-refractivity contribution in [3.63, 3.8) is 0 Å². The van der Waals surface area contributed by atoms with Crippen LogP contribution >= 0.6 is 0 Å². The van der Waals surface area contributed by atoms with Crippen molar-refractivity contribution in [2.75, 3.05) is 11.9 Å². The highest BCUT2D eigenvalue weighted by atomic mass is 32.2. The van der Waals surface area contributed by atoms with Gasteiger partial charge >= 0.3 is 0 Å². The molecule has 0 radical (unpaired) electrons. The van der Waals surface area contributed by atoms with Gasteiger partial charge in [-0.2, -0.15) is 5.10 Å². The number of anilines is 1. The summed E-state index contributed by atoms with van der Waals surface area (Å²) in [4.78, 5) is 12.3. The Kier molecular flexibility index (Phi) is 5.79. The van der Waals surface area contributed by atoms with Crippen molar-refractivity contribution in [3.8, 4) is 5.69 Å². The van der Waals surface area contributed by atoms with E-state index in [0.717, 1.165) is 10.8 Å². The molecular formula is C22H19FN4O3S. The molecule has 1 heterocycles. The third-order valence-electron chi connectivity index (χ3n) is 4.66. The number of aromatic nitrogens is 2. The molecule has 7 nitrogen and oxygen atoms in total. The monoisotopic (exact) mass is 438 g/mol. The molecule has 31 heavy (non-hydrogen) atoms. The van der Waals surface area contributed by atoms with Gasteiger partial charge in [-0.05, 0) is 47.2 Å². The van der Waals surface area contributed by atoms with E-state index >= 15 is 0 Å². The second kappa shape index (κ2) is 8.66. The molecule has 3 aromatic carbocycles. The van der Waals surface area contributed by atoms with Crippen LogP contribution in [0.15, 0.2) is 84.0 Å². The van der Waals surface area contributed by atoms with Gasteiger partial charge in [0.25, 0.3) is 0 Å². The molecule has 0 spiro atoms. The number of halogens is 1. The molecule has 0 aliphatic carbocycles. The Balaban J connectivity index is 1.34. The van der Waals surface area contributed by atoms with Gasteiger partial charge in [-0.1, -0.05) is 30.3 Å². The zero-order valence-electron chi connectivity index (χ0n) is 16.3. The van der Waals surface area contributed by atoms with Crippen molar-refractivity contribution < 1.29 is 17.6 Å². The second-order valence-electron chi connectivity index (χ2n) is 6.82. The summed E-state index contributed by atoms with van der Waals surface area (Å²) < 4.78 is 43.1. The normalized spacial score (nSPS) is 11.5. The Morgan fingerprint density at radius 1 is 1.00 bits per heavy atom. The van der Waals surface area contributed by atoms with Crippen LogP contribution in [-0.4, -0.2) is 30.7 Å². The first-order chi connectivity index (χ1) is 14.9. The lowest BCUT2D eigenvalue weighted by molar-refractivity contribution is -0.116. The first-order valence-electron chi connectivity index (χ1n) is 9.50. The summed E-state index contributed by atoms with van der Waals surface area (Å²) in [7, 11) is -3.76. The number of rotatable bonds is 7. The number of amides is 1. The number of nitrogens with zero attached hydrogens (tertiary/aromatic N) is 2. The number of hydrogen-bond acceptors (Lipinski definition) is 4. The molecular weight excluding hydrogens is 419 g/mol. The maximum Gasteiger partial charge on any atom is 0.240 e. The van der Waals surface area contributed by atoms with Crippen molar-refractivity contribution in [2.45, 2.75) is 11.3 Å². The fraction of sp³-hybridized carbons (Fsp3) is 0.0909. The standard InChI is InChI=1S/C22H19FN4O3S/c23-20-15-18(7-9-21(20)27-13-3-11-24-27)26-22(28)10-12-25-31(29,30)19-8-6-16-4-1-2-5-17(16)14-19/h1-9,11,13-15,25H,10,12H2,(H,26,28). The minimum Gasteiger partial charge on any atom is -0.326 e. The number of hydrogen-bond donors (Lipinski definition) is 2. The zero-order valence-corrected chi connectivity index (χ0v) is 17.1. The summed E-state index contributed by atoms with van der Waals surface area (Å²) in [5.41, 5.74) is 0.530. The first kappa shape index (κ1) is 20.7. The van der Waals surface area contributed by atoms with Crippen LogP contribution in [0.3, 0.4) is 0 Å². The lowest BCUT2D eigenvalue weighted by atomic mass is 10.1. The van der Waals surface area contributed by atoms with Gasteiger partial charge in [-0.25, -0.2) is 22.2 Å². The van der Waals surface area contributed by atoms with Gasteiger partial charge in [0.1, 0.15) is 5.69 Å². The van der Waals surface area contributed by atoms with Crippen molar-refractivity contribution in [1.82, 2.24) is 14.5 Å². The summed E-state index contributed by atoms with van der Waals surface area (Å²) in [6.45, 7) is -0.0884. The average molecular weight is 438 g/mol. The van der Waals surface area contributed by atoms with E-state index in [1.807, 2.05) is 24.3 Å². The Bertz CT molecular complexity index is 1340. The zero-order chi connectivity index (χ0) is 21.8. The van der Waals surface area contributed by atoms with Crippen molar-refractivity contribution in [1.29, 1.82) is 0 Å². The van der Waals surface area contributed by atoms with Gasteiger partial charge in [0.05, 0.1) is 4.90 Å². The van der Waals surface area contributed by atoms with Gasteiger partial charge in [0, 0.05) is 31.0 Å². The number of nitrogens with one attached hydrogen (secondary N) is 2. The number of sulfonamides is 1. The maximum absolute atomic E-state index is 14.3. The van der Waals surface area contributed by atoms with Crippen LogP contribution in [0.5, 0.6) is 0 Å². The van der Waals surface area contributed by atoms with E-state index in [1.54, 1.807) is 30.5 Å². The van der Waals surface area contributed by atoms with Crippen LogP contribution in [0.25, 0.3) is 16.5 Å². The molecule has 4 rings (SSSR count). The number of carbonyl (C=O) groups is 1. The predicted octanol–water partition coefficient (Wildman–Crippen LogP) is 3.47. The van der Waals surface area contributed by atoms with E-state index in [2.05, 4.69) is 15.1 Å². The minimum absolute atomic E-state index is 0.0884. The fourth-order valence-electron chi connectivity index (χ4n) is 3.12. The largest absolute Gasteiger partial charge is 0.326 e. The molecule has 0 unspecified atom stereocenters. The Labute approximate surface area is 178 Å². The first-order valence-corrected chi connectivity index (χ1v) is 11.0. The molecule has 1 aromatic heterocycles. The van der Waals surface area contributed by atoms with Gasteiger partial charge in [0.15, 0.2) is 5.82 Å². The Morgan fingerprint density at radius 2 is 1.81 bits per heavy atom. The van der Waals surface area contributed by atoms with Gasteiger partial charge in [0.2, 0.25) is 15.9 Å². The van der Waals surface area contributed by atoms with E-state index in [0.29, 0.717) is 0 Å². The topological polar surface area (TPSA) is 93.1 Å². The molecule has 0 aliphatic heterocycles. The van der Waals surface area contributed by atoms with Crippen LogP contribution < -0.4 is 10.0 Å². The molecule has 1 amide bonds. The fourth-order valence-corrected chi connectivity index (χ4v) is 4.19. The summed E-state index contributed by atoms with van der Waals surface area (Å²) in [6.07, 6.45) is 3.04. The molecule has 0 aliphatic rings. The van der Waals surface area contributed by atoms with E-state index in [-0.39, 0.29) is 29.2 Å². The quantitative estimate of drug-likeness (QED) is 0.462. The van der Waals surface area contributed by atoms with E-state index in [1.165, 1.54) is 29.1 Å². The molecule has 2 N–H and O–H groups in total. The van der Waals surface area contributed by atoms with Gasteiger partial charge in [-0.15, -0.1) is 0 Å². The van der Waals surface area contributed by atoms with Gasteiger partial charge in [-0.3, -0.25) is 4.79 Å². The molecule has 0 fully saturated rings. The third-order valence-corrected chi connectivity index (χ3v) is 6.12. The predicted molar refractivity (Wildman–Crippen MR) is 116 cm³/mol. The van der Waals surface area contributed by atoms with Crippen LogP contribution in [0.4, 0.5) is 10.1 Å². The SMILES string of the molecule is O=C(CCNS(=O)(=O)c1ccc2ccccc2c1)Nc1ccc(-n2cccn2)c(F)c1. The summed E-state index contributed by atoms with van der Waals surface area (Å²) in [5, 5.41) is 8.27. The summed E-state index contributed by atoms with van der Waals surface area (Å²) >= 11 is 0. The summed E-state index contributed by atoms with van der Waals surface area (Å²) in [5.74, 6) is -0.981. The Morgan fingerprint density at radius 3 is 2.55 bits per heavy atom.